The van der Waals surface area contributed by atoms with Crippen LogP contribution in [0.2, 0.25) is 0 Å². The van der Waals surface area contributed by atoms with Crippen molar-refractivity contribution in [1.82, 2.24) is 0 Å². The first kappa shape index (κ1) is 14.5. The first-order valence-corrected chi connectivity index (χ1v) is 7.40. The van der Waals surface area contributed by atoms with Crippen LogP contribution in [0.3, 0.4) is 0 Å². The van der Waals surface area contributed by atoms with Crippen LogP contribution < -0.4 is 10.2 Å². The van der Waals surface area contributed by atoms with Gasteiger partial charge in [0.2, 0.25) is 0 Å². The van der Waals surface area contributed by atoms with Crippen molar-refractivity contribution in [2.75, 3.05) is 29.9 Å². The van der Waals surface area contributed by atoms with Crippen LogP contribution in [-0.2, 0) is 6.42 Å². The van der Waals surface area contributed by atoms with Crippen LogP contribution in [0, 0.1) is 11.3 Å². The van der Waals surface area contributed by atoms with E-state index in [4.69, 9.17) is 5.26 Å². The van der Waals surface area contributed by atoms with E-state index in [1.165, 1.54) is 23.2 Å². The molecular formula is C17H23N3. The Hall–Kier alpha value is -1.95. The first-order valence-electron chi connectivity index (χ1n) is 7.40. The second-order valence-corrected chi connectivity index (χ2v) is 5.31. The molecule has 3 heteroatoms. The van der Waals surface area contributed by atoms with Crippen molar-refractivity contribution in [2.45, 2.75) is 32.6 Å². The van der Waals surface area contributed by atoms with E-state index in [2.05, 4.69) is 48.0 Å². The Morgan fingerprint density at radius 3 is 3.10 bits per heavy atom. The lowest BCUT2D eigenvalue weighted by atomic mass is 10.00. The minimum Gasteiger partial charge on any atom is -0.384 e. The zero-order valence-electron chi connectivity index (χ0n) is 12.3. The maximum atomic E-state index is 8.57. The average molecular weight is 269 g/mol. The zero-order valence-corrected chi connectivity index (χ0v) is 12.3. The van der Waals surface area contributed by atoms with Gasteiger partial charge in [-0.05, 0) is 43.0 Å². The largest absolute Gasteiger partial charge is 0.384 e. The normalized spacial score (nSPS) is 13.5. The molecule has 0 spiro atoms. The molecule has 2 rings (SSSR count). The molecule has 3 nitrogen and oxygen atoms in total. The molecule has 0 saturated carbocycles. The molecule has 0 fully saturated rings. The first-order chi connectivity index (χ1) is 9.74. The molecule has 1 aliphatic heterocycles. The zero-order chi connectivity index (χ0) is 14.4. The highest BCUT2D eigenvalue weighted by atomic mass is 15.1. The van der Waals surface area contributed by atoms with Crippen molar-refractivity contribution in [1.29, 1.82) is 5.26 Å². The van der Waals surface area contributed by atoms with Crippen LogP contribution in [0.5, 0.6) is 0 Å². The molecule has 0 bridgehead atoms. The number of rotatable bonds is 6. The van der Waals surface area contributed by atoms with Crippen LogP contribution in [0.4, 0.5) is 11.4 Å². The lowest BCUT2D eigenvalue weighted by Crippen LogP contribution is -2.31. The third-order valence-electron chi connectivity index (χ3n) is 3.77. The van der Waals surface area contributed by atoms with Crippen molar-refractivity contribution in [2.24, 2.45) is 0 Å². The summed E-state index contributed by atoms with van der Waals surface area (Å²) in [4.78, 5) is 2.43. The summed E-state index contributed by atoms with van der Waals surface area (Å²) in [6.07, 6.45) is 3.92. The van der Waals surface area contributed by atoms with E-state index in [0.717, 1.165) is 31.6 Å². The Labute approximate surface area is 121 Å². The van der Waals surface area contributed by atoms with Crippen LogP contribution in [0.25, 0.3) is 0 Å². The van der Waals surface area contributed by atoms with Gasteiger partial charge in [-0.1, -0.05) is 19.1 Å². The molecule has 106 valence electrons. The van der Waals surface area contributed by atoms with E-state index in [1.807, 2.05) is 0 Å². The van der Waals surface area contributed by atoms with Crippen LogP contribution >= 0.6 is 0 Å². The maximum Gasteiger partial charge on any atom is 0.0640 e. The molecule has 0 aliphatic carbocycles. The van der Waals surface area contributed by atoms with Gasteiger partial charge in [-0.25, -0.2) is 0 Å². The number of aryl methyl sites for hydroxylation is 1. The maximum absolute atomic E-state index is 8.57. The molecular weight excluding hydrogens is 246 g/mol. The molecule has 1 N–H and O–H groups in total. The Balaban J connectivity index is 2.09. The second kappa shape index (κ2) is 7.00. The molecule has 1 aromatic rings. The Morgan fingerprint density at radius 2 is 2.35 bits per heavy atom. The number of benzene rings is 1. The number of hydrogen-bond donors (Lipinski definition) is 1. The lowest BCUT2D eigenvalue weighted by molar-refractivity contribution is 0.708. The monoisotopic (exact) mass is 269 g/mol. The Morgan fingerprint density at radius 1 is 1.50 bits per heavy atom. The number of hydrogen-bond acceptors (Lipinski definition) is 3. The molecule has 0 atom stereocenters. The SMILES string of the molecule is C=C(CC)CN1CCCc2cc(NCCC#N)ccc21. The number of fused-ring (bicyclic) bond motifs is 1. The van der Waals surface area contributed by atoms with E-state index in [-0.39, 0.29) is 0 Å². The van der Waals surface area contributed by atoms with Gasteiger partial charge >= 0.3 is 0 Å². The van der Waals surface area contributed by atoms with Crippen molar-refractivity contribution in [3.05, 3.63) is 35.9 Å². The molecule has 1 heterocycles. The van der Waals surface area contributed by atoms with Gasteiger partial charge in [0.05, 0.1) is 12.5 Å². The summed E-state index contributed by atoms with van der Waals surface area (Å²) in [5.41, 5.74) is 5.16. The van der Waals surface area contributed by atoms with Crippen LogP contribution in [0.1, 0.15) is 31.7 Å². The summed E-state index contributed by atoms with van der Waals surface area (Å²) in [6, 6.07) is 8.70. The highest BCUT2D eigenvalue weighted by molar-refractivity contribution is 5.62. The molecule has 0 saturated heterocycles. The van der Waals surface area contributed by atoms with E-state index < -0.39 is 0 Å². The van der Waals surface area contributed by atoms with Gasteiger partial charge in [-0.3, -0.25) is 0 Å². The third-order valence-corrected chi connectivity index (χ3v) is 3.77. The van der Waals surface area contributed by atoms with E-state index in [0.29, 0.717) is 13.0 Å². The second-order valence-electron chi connectivity index (χ2n) is 5.31. The Kier molecular flexibility index (Phi) is 5.06. The van der Waals surface area contributed by atoms with Gasteiger partial charge < -0.3 is 10.2 Å². The molecule has 0 unspecified atom stereocenters. The summed E-state index contributed by atoms with van der Waals surface area (Å²) in [5, 5.41) is 11.9. The third kappa shape index (κ3) is 3.54. The van der Waals surface area contributed by atoms with Crippen molar-refractivity contribution in [3.63, 3.8) is 0 Å². The summed E-state index contributed by atoms with van der Waals surface area (Å²) < 4.78 is 0. The number of anilines is 2. The van der Waals surface area contributed by atoms with Crippen molar-refractivity contribution >= 4 is 11.4 Å². The summed E-state index contributed by atoms with van der Waals surface area (Å²) in [6.45, 7) is 9.08. The fraction of sp³-hybridized carbons (Fsp3) is 0.471. The average Bonchev–Trinajstić information content (AvgIpc) is 2.47. The van der Waals surface area contributed by atoms with Crippen molar-refractivity contribution < 1.29 is 0 Å². The van der Waals surface area contributed by atoms with Crippen LogP contribution in [0.15, 0.2) is 30.4 Å². The topological polar surface area (TPSA) is 39.1 Å². The smallest absolute Gasteiger partial charge is 0.0640 e. The molecule has 1 aliphatic rings. The molecule has 0 radical (unpaired) electrons. The van der Waals surface area contributed by atoms with E-state index >= 15 is 0 Å². The molecule has 0 aromatic heterocycles. The highest BCUT2D eigenvalue weighted by Crippen LogP contribution is 2.30. The number of nitrogens with one attached hydrogen (secondary N) is 1. The van der Waals surface area contributed by atoms with E-state index in [1.54, 1.807) is 0 Å². The molecule has 20 heavy (non-hydrogen) atoms. The predicted octanol–water partition coefficient (Wildman–Crippen LogP) is 3.73. The van der Waals surface area contributed by atoms with Gasteiger partial charge in [0.25, 0.3) is 0 Å². The van der Waals surface area contributed by atoms with Gasteiger partial charge in [0.1, 0.15) is 0 Å². The van der Waals surface area contributed by atoms with Gasteiger partial charge in [0, 0.05) is 31.0 Å². The van der Waals surface area contributed by atoms with E-state index in [9.17, 15) is 0 Å². The van der Waals surface area contributed by atoms with Gasteiger partial charge in [-0.2, -0.15) is 5.26 Å². The number of nitrogens with zero attached hydrogens (tertiary/aromatic N) is 2. The van der Waals surface area contributed by atoms with Crippen LogP contribution in [-0.4, -0.2) is 19.6 Å². The summed E-state index contributed by atoms with van der Waals surface area (Å²) >= 11 is 0. The van der Waals surface area contributed by atoms with Gasteiger partial charge in [0.15, 0.2) is 0 Å². The summed E-state index contributed by atoms with van der Waals surface area (Å²) in [7, 11) is 0. The minimum atomic E-state index is 0.541. The minimum absolute atomic E-state index is 0.541. The fourth-order valence-electron chi connectivity index (χ4n) is 2.59. The Bertz CT molecular complexity index is 513. The lowest BCUT2D eigenvalue weighted by Gasteiger charge is -2.32. The molecule has 0 amide bonds. The quantitative estimate of drug-likeness (QED) is 0.631. The number of nitriles is 1. The predicted molar refractivity (Wildman–Crippen MR) is 85.1 cm³/mol. The molecule has 1 aromatic carbocycles. The summed E-state index contributed by atoms with van der Waals surface area (Å²) in [5.74, 6) is 0. The van der Waals surface area contributed by atoms with Crippen molar-refractivity contribution in [3.8, 4) is 6.07 Å². The highest BCUT2D eigenvalue weighted by Gasteiger charge is 2.17. The fourth-order valence-corrected chi connectivity index (χ4v) is 2.59. The van der Waals surface area contributed by atoms with Gasteiger partial charge in [-0.15, -0.1) is 0 Å². The standard InChI is InChI=1S/C17H23N3/c1-3-14(2)13-20-11-4-6-15-12-16(7-8-17(15)20)19-10-5-9-18/h7-8,12,19H,2-6,10-11,13H2,1H3.